The average Bonchev–Trinajstić information content (AvgIpc) is 2.96. The summed E-state index contributed by atoms with van der Waals surface area (Å²) in [6.07, 6.45) is -0.578. The predicted molar refractivity (Wildman–Crippen MR) is 92.0 cm³/mol. The Labute approximate surface area is 147 Å². The molecule has 0 unspecified atom stereocenters. The lowest BCUT2D eigenvalue weighted by atomic mass is 10.2. The number of carboxylic acids is 1. The van der Waals surface area contributed by atoms with E-state index in [9.17, 15) is 22.4 Å². The average molecular weight is 386 g/mol. The van der Waals surface area contributed by atoms with E-state index in [0.717, 1.165) is 11.8 Å². The van der Waals surface area contributed by atoms with Gasteiger partial charge < -0.3 is 10.0 Å². The Bertz CT molecular complexity index is 855. The minimum absolute atomic E-state index is 0.0313. The van der Waals surface area contributed by atoms with Gasteiger partial charge in [-0.1, -0.05) is 17.8 Å². The van der Waals surface area contributed by atoms with E-state index < -0.39 is 33.6 Å². The van der Waals surface area contributed by atoms with Gasteiger partial charge in [0.05, 0.1) is 24.0 Å². The Morgan fingerprint density at radius 3 is 2.76 bits per heavy atom. The van der Waals surface area contributed by atoms with E-state index in [1.54, 1.807) is 11.0 Å². The van der Waals surface area contributed by atoms with E-state index >= 15 is 0 Å². The molecule has 0 saturated carbocycles. The van der Waals surface area contributed by atoms with Gasteiger partial charge in [0.15, 0.2) is 15.0 Å². The van der Waals surface area contributed by atoms with Crippen LogP contribution < -0.4 is 4.90 Å². The van der Waals surface area contributed by atoms with Crippen LogP contribution in [-0.2, 0) is 19.4 Å². The molecule has 7 nitrogen and oxygen atoms in total. The molecular weight excluding hydrogens is 371 g/mol. The maximum absolute atomic E-state index is 13.6. The molecule has 2 fully saturated rings. The Morgan fingerprint density at radius 2 is 2.08 bits per heavy atom. The minimum atomic E-state index is -3.20. The van der Waals surface area contributed by atoms with Crippen molar-refractivity contribution in [3.8, 4) is 0 Å². The number of fused-ring (bicyclic) bond motifs is 1. The highest BCUT2D eigenvalue weighted by molar-refractivity contribution is 8.16. The number of thioether (sulfide) groups is 1. The fourth-order valence-corrected chi connectivity index (χ4v) is 6.80. The first kappa shape index (κ1) is 17.9. The Hall–Kier alpha value is -1.94. The van der Waals surface area contributed by atoms with Gasteiger partial charge in [-0.3, -0.25) is 9.59 Å². The summed E-state index contributed by atoms with van der Waals surface area (Å²) in [5.41, 5.74) is 0.418. The lowest BCUT2D eigenvalue weighted by molar-refractivity contribution is -0.138. The molecule has 25 heavy (non-hydrogen) atoms. The second kappa shape index (κ2) is 6.75. The van der Waals surface area contributed by atoms with Crippen LogP contribution in [0.15, 0.2) is 29.3 Å². The van der Waals surface area contributed by atoms with Gasteiger partial charge in [-0.15, -0.1) is 0 Å². The van der Waals surface area contributed by atoms with Crippen molar-refractivity contribution < 1.29 is 27.5 Å². The quantitative estimate of drug-likeness (QED) is 0.831. The number of anilines is 1. The van der Waals surface area contributed by atoms with Gasteiger partial charge in [-0.2, -0.15) is 4.99 Å². The first-order valence-corrected chi connectivity index (χ1v) is 10.2. The Kier molecular flexibility index (Phi) is 4.83. The number of benzene rings is 1. The number of rotatable bonds is 4. The summed E-state index contributed by atoms with van der Waals surface area (Å²) in [6.45, 7) is 0. The number of carbonyl (C=O) groups is 2. The van der Waals surface area contributed by atoms with Crippen LogP contribution in [0.1, 0.15) is 12.8 Å². The van der Waals surface area contributed by atoms with Crippen LogP contribution in [0.25, 0.3) is 0 Å². The topological polar surface area (TPSA) is 104 Å². The first-order valence-electron chi connectivity index (χ1n) is 7.50. The van der Waals surface area contributed by atoms with Crippen molar-refractivity contribution >= 4 is 44.3 Å². The fourth-order valence-electron chi connectivity index (χ4n) is 2.87. The Morgan fingerprint density at radius 1 is 1.32 bits per heavy atom. The molecule has 0 spiro atoms. The van der Waals surface area contributed by atoms with Gasteiger partial charge >= 0.3 is 5.97 Å². The van der Waals surface area contributed by atoms with Gasteiger partial charge in [0.2, 0.25) is 5.91 Å². The number of carbonyl (C=O) groups excluding carboxylic acids is 1. The third kappa shape index (κ3) is 4.01. The summed E-state index contributed by atoms with van der Waals surface area (Å²) in [7, 11) is -3.20. The lowest BCUT2D eigenvalue weighted by Crippen LogP contribution is -2.37. The fraction of sp³-hybridized carbons (Fsp3) is 0.400. The van der Waals surface area contributed by atoms with E-state index in [0.29, 0.717) is 5.69 Å². The smallest absolute Gasteiger partial charge is 0.303 e. The number of nitrogens with zero attached hydrogens (tertiary/aromatic N) is 2. The summed E-state index contributed by atoms with van der Waals surface area (Å²) in [6, 6.07) is 5.21. The zero-order valence-corrected chi connectivity index (χ0v) is 14.6. The van der Waals surface area contributed by atoms with Crippen LogP contribution in [0.5, 0.6) is 0 Å². The number of hydrogen-bond donors (Lipinski definition) is 1. The van der Waals surface area contributed by atoms with Gasteiger partial charge in [0, 0.05) is 17.4 Å². The summed E-state index contributed by atoms with van der Waals surface area (Å²) >= 11 is 1.16. The molecule has 3 rings (SSSR count). The third-order valence-electron chi connectivity index (χ3n) is 3.93. The number of aliphatic imine (C=N–C) groups is 1. The first-order chi connectivity index (χ1) is 11.7. The zero-order valence-electron chi connectivity index (χ0n) is 13.0. The maximum atomic E-state index is 13.6. The van der Waals surface area contributed by atoms with Crippen LogP contribution in [-0.4, -0.2) is 53.4 Å². The zero-order chi connectivity index (χ0) is 18.2. The van der Waals surface area contributed by atoms with Gasteiger partial charge in [-0.05, 0) is 18.2 Å². The van der Waals surface area contributed by atoms with Crippen molar-refractivity contribution in [3.63, 3.8) is 0 Å². The molecule has 1 amide bonds. The minimum Gasteiger partial charge on any atom is -0.481 e. The summed E-state index contributed by atoms with van der Waals surface area (Å²) in [5.74, 6) is -2.31. The SMILES string of the molecule is O=C(O)CCC(=O)N=C1S[C@H]2CS(=O)(=O)C[C@H]2N1c1cccc(F)c1. The normalized spacial score (nSPS) is 26.0. The molecule has 134 valence electrons. The molecular formula is C15H15FN2O5S2. The van der Waals surface area contributed by atoms with Crippen molar-refractivity contribution in [3.05, 3.63) is 30.1 Å². The molecule has 1 aromatic carbocycles. The van der Waals surface area contributed by atoms with Crippen molar-refractivity contribution in [1.29, 1.82) is 0 Å². The predicted octanol–water partition coefficient (Wildman–Crippen LogP) is 1.29. The number of amides is 1. The number of aliphatic carboxylic acids is 1. The number of halogens is 1. The summed E-state index contributed by atoms with van der Waals surface area (Å²) in [4.78, 5) is 28.0. The van der Waals surface area contributed by atoms with Crippen LogP contribution >= 0.6 is 11.8 Å². The van der Waals surface area contributed by atoms with E-state index in [2.05, 4.69) is 4.99 Å². The van der Waals surface area contributed by atoms with E-state index in [-0.39, 0.29) is 34.8 Å². The molecule has 2 heterocycles. The number of hydrogen-bond acceptors (Lipinski definition) is 5. The van der Waals surface area contributed by atoms with Gasteiger partial charge in [0.1, 0.15) is 5.82 Å². The van der Waals surface area contributed by atoms with E-state index in [1.807, 2.05) is 0 Å². The lowest BCUT2D eigenvalue weighted by Gasteiger charge is -2.24. The van der Waals surface area contributed by atoms with Crippen LogP contribution in [0.4, 0.5) is 10.1 Å². The molecule has 2 aliphatic rings. The molecule has 10 heteroatoms. The molecule has 0 bridgehead atoms. The van der Waals surface area contributed by atoms with E-state index in [1.165, 1.54) is 18.2 Å². The summed E-state index contributed by atoms with van der Waals surface area (Å²) < 4.78 is 37.4. The maximum Gasteiger partial charge on any atom is 0.303 e. The standard InChI is InChI=1S/C15H15FN2O5S2/c16-9-2-1-3-10(6-9)18-11-7-25(22,23)8-12(11)24-15(18)17-13(19)4-5-14(20)21/h1-3,6,11-12H,4-5,7-8H2,(H,20,21)/t11-,12+/m1/s1. The largest absolute Gasteiger partial charge is 0.481 e. The molecule has 2 aliphatic heterocycles. The number of amidine groups is 1. The molecule has 0 aliphatic carbocycles. The van der Waals surface area contributed by atoms with Crippen molar-refractivity contribution in [2.45, 2.75) is 24.1 Å². The molecule has 0 radical (unpaired) electrons. The number of sulfone groups is 1. The van der Waals surface area contributed by atoms with Crippen molar-refractivity contribution in [1.82, 2.24) is 0 Å². The second-order valence-corrected chi connectivity index (χ2v) is 9.19. The van der Waals surface area contributed by atoms with Crippen LogP contribution in [0.3, 0.4) is 0 Å². The highest BCUT2D eigenvalue weighted by Gasteiger charge is 2.49. The van der Waals surface area contributed by atoms with Gasteiger partial charge in [-0.25, -0.2) is 12.8 Å². The second-order valence-electron chi connectivity index (χ2n) is 5.83. The van der Waals surface area contributed by atoms with Crippen LogP contribution in [0.2, 0.25) is 0 Å². The monoisotopic (exact) mass is 386 g/mol. The molecule has 1 aromatic rings. The molecule has 2 saturated heterocycles. The Balaban J connectivity index is 1.92. The van der Waals surface area contributed by atoms with E-state index in [4.69, 9.17) is 5.11 Å². The molecule has 0 aromatic heterocycles. The molecule has 1 N–H and O–H groups in total. The third-order valence-corrected chi connectivity index (χ3v) is 7.14. The number of carboxylic acid groups (broad SMARTS) is 1. The highest BCUT2D eigenvalue weighted by Crippen LogP contribution is 2.41. The summed E-state index contributed by atoms with van der Waals surface area (Å²) in [5, 5.41) is 8.64. The van der Waals surface area contributed by atoms with Crippen molar-refractivity contribution in [2.24, 2.45) is 4.99 Å². The molecule has 2 atom stereocenters. The highest BCUT2D eigenvalue weighted by atomic mass is 32.2. The van der Waals surface area contributed by atoms with Gasteiger partial charge in [0.25, 0.3) is 0 Å². The van der Waals surface area contributed by atoms with Crippen LogP contribution in [0, 0.1) is 5.82 Å². The van der Waals surface area contributed by atoms with Crippen molar-refractivity contribution in [2.75, 3.05) is 16.4 Å².